The van der Waals surface area contributed by atoms with Crippen LogP contribution >= 0.6 is 0 Å². The Hall–Kier alpha value is -2.71. The molecule has 0 amide bonds. The minimum atomic E-state index is -3.57. The molecule has 30 heavy (non-hydrogen) atoms. The molecule has 2 aliphatic heterocycles. The number of sulfonamides is 1. The maximum atomic E-state index is 13.4. The van der Waals surface area contributed by atoms with E-state index in [-0.39, 0.29) is 18.2 Å². The first kappa shape index (κ1) is 19.3. The number of aryl methyl sites for hydroxylation is 1. The van der Waals surface area contributed by atoms with E-state index in [0.29, 0.717) is 35.2 Å². The van der Waals surface area contributed by atoms with E-state index in [9.17, 15) is 8.42 Å². The minimum absolute atomic E-state index is 0.0124. The van der Waals surface area contributed by atoms with Crippen LogP contribution in [-0.4, -0.2) is 40.9 Å². The highest BCUT2D eigenvalue weighted by atomic mass is 32.2. The zero-order valence-corrected chi connectivity index (χ0v) is 17.5. The van der Waals surface area contributed by atoms with E-state index in [0.717, 1.165) is 18.4 Å². The predicted octanol–water partition coefficient (Wildman–Crippen LogP) is 3.81. The van der Waals surface area contributed by atoms with Gasteiger partial charge in [-0.15, -0.1) is 0 Å². The Kier molecular flexibility index (Phi) is 4.83. The van der Waals surface area contributed by atoms with Crippen molar-refractivity contribution in [2.75, 3.05) is 0 Å². The van der Waals surface area contributed by atoms with Gasteiger partial charge in [0.05, 0.1) is 4.90 Å². The fourth-order valence-electron chi connectivity index (χ4n) is 4.58. The molecular formula is C22H23N3O4S. The smallest absolute Gasteiger partial charge is 0.243 e. The summed E-state index contributed by atoms with van der Waals surface area (Å²) in [5.41, 5.74) is 1.53. The fraction of sp³-hybridized carbons (Fsp3) is 0.364. The summed E-state index contributed by atoms with van der Waals surface area (Å²) in [4.78, 5) is 8.83. The Balaban J connectivity index is 1.34. The van der Waals surface area contributed by atoms with E-state index in [4.69, 9.17) is 9.15 Å². The number of benzene rings is 1. The van der Waals surface area contributed by atoms with Crippen molar-refractivity contribution in [2.24, 2.45) is 0 Å². The molecule has 2 bridgehead atoms. The van der Waals surface area contributed by atoms with Crippen molar-refractivity contribution in [3.05, 3.63) is 60.8 Å². The van der Waals surface area contributed by atoms with Crippen molar-refractivity contribution in [3.8, 4) is 17.1 Å². The van der Waals surface area contributed by atoms with Crippen molar-refractivity contribution in [3.63, 3.8) is 0 Å². The number of oxazole rings is 1. The zero-order chi connectivity index (χ0) is 20.7. The molecule has 5 rings (SSSR count). The average molecular weight is 426 g/mol. The molecule has 0 N–H and O–H groups in total. The second-order valence-electron chi connectivity index (χ2n) is 7.88. The number of piperidine rings is 1. The van der Waals surface area contributed by atoms with Gasteiger partial charge in [0.25, 0.3) is 0 Å². The highest BCUT2D eigenvalue weighted by Gasteiger charge is 2.47. The molecule has 0 saturated carbocycles. The summed E-state index contributed by atoms with van der Waals surface area (Å²) in [6.45, 7) is 1.78. The van der Waals surface area contributed by atoms with Crippen LogP contribution in [0.1, 0.15) is 31.6 Å². The molecule has 2 aliphatic rings. The second-order valence-corrected chi connectivity index (χ2v) is 9.72. The van der Waals surface area contributed by atoms with Gasteiger partial charge in [-0.05, 0) is 31.0 Å². The van der Waals surface area contributed by atoms with Crippen LogP contribution < -0.4 is 4.74 Å². The summed E-state index contributed by atoms with van der Waals surface area (Å²) in [6.07, 6.45) is 6.36. The molecular weight excluding hydrogens is 402 g/mol. The van der Waals surface area contributed by atoms with E-state index in [1.807, 2.05) is 18.2 Å². The Labute approximate surface area is 175 Å². The summed E-state index contributed by atoms with van der Waals surface area (Å²) in [6, 6.07) is 12.4. The van der Waals surface area contributed by atoms with Gasteiger partial charge in [0.1, 0.15) is 18.1 Å². The van der Waals surface area contributed by atoms with Gasteiger partial charge in [-0.1, -0.05) is 18.2 Å². The molecule has 7 nitrogen and oxygen atoms in total. The second kappa shape index (κ2) is 7.52. The van der Waals surface area contributed by atoms with Crippen molar-refractivity contribution >= 4 is 10.0 Å². The maximum absolute atomic E-state index is 13.4. The zero-order valence-electron chi connectivity index (χ0n) is 16.6. The molecule has 156 valence electrons. The van der Waals surface area contributed by atoms with Crippen LogP contribution in [0.5, 0.6) is 5.88 Å². The van der Waals surface area contributed by atoms with Crippen LogP contribution in [0.4, 0.5) is 0 Å². The van der Waals surface area contributed by atoms with E-state index in [1.165, 1.54) is 0 Å². The van der Waals surface area contributed by atoms with Gasteiger partial charge in [0, 0.05) is 49.7 Å². The third kappa shape index (κ3) is 3.50. The van der Waals surface area contributed by atoms with Crippen LogP contribution in [0, 0.1) is 6.92 Å². The normalized spacial score (nSPS) is 24.1. The molecule has 2 aromatic heterocycles. The largest absolute Gasteiger partial charge is 0.474 e. The predicted molar refractivity (Wildman–Crippen MR) is 110 cm³/mol. The minimum Gasteiger partial charge on any atom is -0.474 e. The number of nitrogens with zero attached hydrogens (tertiary/aromatic N) is 3. The topological polar surface area (TPSA) is 85.5 Å². The van der Waals surface area contributed by atoms with Crippen LogP contribution in [0.15, 0.2) is 64.2 Å². The Morgan fingerprint density at radius 3 is 2.40 bits per heavy atom. The van der Waals surface area contributed by atoms with Crippen LogP contribution in [0.25, 0.3) is 11.3 Å². The highest BCUT2D eigenvalue weighted by Crippen LogP contribution is 2.41. The number of hydrogen-bond acceptors (Lipinski definition) is 6. The lowest BCUT2D eigenvalue weighted by Crippen LogP contribution is -2.49. The van der Waals surface area contributed by atoms with Gasteiger partial charge in [0.15, 0.2) is 5.89 Å². The lowest BCUT2D eigenvalue weighted by molar-refractivity contribution is 0.0918. The van der Waals surface area contributed by atoms with Crippen LogP contribution in [0.3, 0.4) is 0 Å². The summed E-state index contributed by atoms with van der Waals surface area (Å²) in [5.74, 6) is 1.17. The van der Waals surface area contributed by atoms with Crippen LogP contribution in [-0.2, 0) is 10.0 Å². The standard InChI is InChI=1S/C22H23N3O4S/c1-15-24-21(14-28-15)16-5-9-20(10-6-16)30(26,27)25-17-7-8-18(25)13-19(12-17)29-22-4-2-3-11-23-22/h2-6,9-11,14,17-19H,7-8,12-13H2,1H3. The quantitative estimate of drug-likeness (QED) is 0.618. The first-order chi connectivity index (χ1) is 14.5. The third-order valence-electron chi connectivity index (χ3n) is 5.89. The first-order valence-corrected chi connectivity index (χ1v) is 11.6. The first-order valence-electron chi connectivity index (χ1n) is 10.1. The van der Waals surface area contributed by atoms with Gasteiger partial charge in [-0.3, -0.25) is 0 Å². The van der Waals surface area contributed by atoms with Gasteiger partial charge in [-0.2, -0.15) is 4.31 Å². The average Bonchev–Trinajstić information content (AvgIpc) is 3.30. The van der Waals surface area contributed by atoms with Crippen LogP contribution in [0.2, 0.25) is 0 Å². The van der Waals surface area contributed by atoms with Gasteiger partial charge in [0.2, 0.25) is 15.9 Å². The number of fused-ring (bicyclic) bond motifs is 2. The highest BCUT2D eigenvalue weighted by molar-refractivity contribution is 7.89. The van der Waals surface area contributed by atoms with Gasteiger partial charge >= 0.3 is 0 Å². The monoisotopic (exact) mass is 425 g/mol. The number of pyridine rings is 1. The SMILES string of the molecule is Cc1nc(-c2ccc(S(=O)(=O)N3C4CCC3CC(Oc3ccccn3)C4)cc2)co1. The molecule has 2 unspecified atom stereocenters. The van der Waals surface area contributed by atoms with E-state index in [1.54, 1.807) is 48.0 Å². The van der Waals surface area contributed by atoms with E-state index >= 15 is 0 Å². The number of ether oxygens (including phenoxy) is 1. The molecule has 2 atom stereocenters. The molecule has 0 spiro atoms. The Morgan fingerprint density at radius 2 is 1.80 bits per heavy atom. The number of hydrogen-bond donors (Lipinski definition) is 0. The summed E-state index contributed by atoms with van der Waals surface area (Å²) < 4.78 is 39.8. The third-order valence-corrected chi connectivity index (χ3v) is 7.91. The lowest BCUT2D eigenvalue weighted by Gasteiger charge is -2.37. The molecule has 2 fully saturated rings. The molecule has 0 aliphatic carbocycles. The summed E-state index contributed by atoms with van der Waals surface area (Å²) in [5, 5.41) is 0. The van der Waals surface area contributed by atoms with Crippen molar-refractivity contribution in [1.29, 1.82) is 0 Å². The number of rotatable bonds is 5. The summed E-state index contributed by atoms with van der Waals surface area (Å²) in [7, 11) is -3.57. The fourth-order valence-corrected chi connectivity index (χ4v) is 6.47. The molecule has 2 saturated heterocycles. The molecule has 3 aromatic rings. The Bertz CT molecular complexity index is 1110. The molecule has 1 aromatic carbocycles. The summed E-state index contributed by atoms with van der Waals surface area (Å²) >= 11 is 0. The number of aromatic nitrogens is 2. The van der Waals surface area contributed by atoms with E-state index in [2.05, 4.69) is 9.97 Å². The van der Waals surface area contributed by atoms with Crippen molar-refractivity contribution in [1.82, 2.24) is 14.3 Å². The van der Waals surface area contributed by atoms with Crippen molar-refractivity contribution < 1.29 is 17.6 Å². The van der Waals surface area contributed by atoms with Crippen molar-refractivity contribution in [2.45, 2.75) is 55.7 Å². The Morgan fingerprint density at radius 1 is 1.07 bits per heavy atom. The molecule has 4 heterocycles. The molecule has 0 radical (unpaired) electrons. The van der Waals surface area contributed by atoms with Gasteiger partial charge < -0.3 is 9.15 Å². The maximum Gasteiger partial charge on any atom is 0.243 e. The molecule has 8 heteroatoms. The van der Waals surface area contributed by atoms with Gasteiger partial charge in [-0.25, -0.2) is 18.4 Å². The lowest BCUT2D eigenvalue weighted by atomic mass is 10.0. The van der Waals surface area contributed by atoms with E-state index < -0.39 is 10.0 Å².